The summed E-state index contributed by atoms with van der Waals surface area (Å²) < 4.78 is 10.4. The first-order valence-corrected chi connectivity index (χ1v) is 6.20. The lowest BCUT2D eigenvalue weighted by Crippen LogP contribution is -2.03. The fourth-order valence-electron chi connectivity index (χ4n) is 2.18. The third kappa shape index (κ3) is 2.54. The number of ether oxygens (including phenoxy) is 1. The van der Waals surface area contributed by atoms with Crippen molar-refractivity contribution in [1.82, 2.24) is 4.98 Å². The topological polar surface area (TPSA) is 47.3 Å². The zero-order chi connectivity index (χ0) is 12.2. The van der Waals surface area contributed by atoms with E-state index in [1.54, 1.807) is 12.5 Å². The molecule has 1 unspecified atom stereocenters. The molecule has 0 aromatic carbocycles. The van der Waals surface area contributed by atoms with Gasteiger partial charge in [-0.3, -0.25) is 0 Å². The largest absolute Gasteiger partial charge is 0.472 e. The maximum atomic E-state index is 5.42. The van der Waals surface area contributed by atoms with Crippen LogP contribution in [0.15, 0.2) is 41.3 Å². The fourth-order valence-corrected chi connectivity index (χ4v) is 2.18. The van der Waals surface area contributed by atoms with Gasteiger partial charge in [-0.25, -0.2) is 4.98 Å². The molecule has 0 bridgehead atoms. The lowest BCUT2D eigenvalue weighted by molar-refractivity contribution is 0.194. The van der Waals surface area contributed by atoms with E-state index >= 15 is 0 Å². The van der Waals surface area contributed by atoms with Crippen molar-refractivity contribution in [2.45, 2.75) is 18.9 Å². The smallest absolute Gasteiger partial charge is 0.126 e. The third-order valence-electron chi connectivity index (χ3n) is 3.24. The number of hydrogen-bond donors (Lipinski definition) is 1. The summed E-state index contributed by atoms with van der Waals surface area (Å²) in [5.74, 6) is 1.42. The molecule has 1 fully saturated rings. The minimum absolute atomic E-state index is 0.516. The summed E-state index contributed by atoms with van der Waals surface area (Å²) in [5, 5.41) is 3.30. The molecule has 18 heavy (non-hydrogen) atoms. The highest BCUT2D eigenvalue weighted by atomic mass is 16.5. The molecule has 3 rings (SSSR count). The van der Waals surface area contributed by atoms with Crippen LogP contribution in [0, 0.1) is 0 Å². The molecule has 2 aromatic heterocycles. The molecule has 3 heterocycles. The molecule has 0 spiro atoms. The van der Waals surface area contributed by atoms with E-state index in [1.165, 1.54) is 5.56 Å². The Morgan fingerprint density at radius 2 is 2.39 bits per heavy atom. The molecule has 1 aliphatic heterocycles. The van der Waals surface area contributed by atoms with Crippen molar-refractivity contribution in [2.75, 3.05) is 18.5 Å². The second-order valence-corrected chi connectivity index (χ2v) is 4.52. The number of rotatable bonds is 4. The number of hydrogen-bond acceptors (Lipinski definition) is 4. The molecular formula is C14H16N2O2. The van der Waals surface area contributed by atoms with E-state index in [0.717, 1.165) is 37.6 Å². The first-order chi connectivity index (χ1) is 8.92. The lowest BCUT2D eigenvalue weighted by Gasteiger charge is -2.10. The zero-order valence-corrected chi connectivity index (χ0v) is 10.1. The monoisotopic (exact) mass is 244 g/mol. The van der Waals surface area contributed by atoms with Gasteiger partial charge in [0, 0.05) is 30.8 Å². The van der Waals surface area contributed by atoms with E-state index in [-0.39, 0.29) is 0 Å². The van der Waals surface area contributed by atoms with E-state index in [9.17, 15) is 0 Å². The Labute approximate surface area is 106 Å². The molecule has 0 saturated carbocycles. The van der Waals surface area contributed by atoms with Crippen LogP contribution in [0.4, 0.5) is 5.82 Å². The number of aromatic nitrogens is 1. The maximum Gasteiger partial charge on any atom is 0.126 e. The number of anilines is 1. The Morgan fingerprint density at radius 1 is 1.39 bits per heavy atom. The van der Waals surface area contributed by atoms with Crippen LogP contribution in [-0.2, 0) is 11.3 Å². The predicted octanol–water partition coefficient (Wildman–Crippen LogP) is 2.79. The van der Waals surface area contributed by atoms with Crippen molar-refractivity contribution in [3.05, 3.63) is 48.0 Å². The molecule has 1 saturated heterocycles. The molecule has 1 N–H and O–H groups in total. The first kappa shape index (κ1) is 11.3. The van der Waals surface area contributed by atoms with Crippen LogP contribution in [0.25, 0.3) is 0 Å². The summed E-state index contributed by atoms with van der Waals surface area (Å²) in [7, 11) is 0. The minimum Gasteiger partial charge on any atom is -0.472 e. The molecule has 0 aliphatic carbocycles. The van der Waals surface area contributed by atoms with Crippen molar-refractivity contribution < 1.29 is 9.15 Å². The Kier molecular flexibility index (Phi) is 3.28. The van der Waals surface area contributed by atoms with Crippen LogP contribution in [0.1, 0.15) is 23.5 Å². The van der Waals surface area contributed by atoms with Gasteiger partial charge in [-0.15, -0.1) is 0 Å². The maximum absolute atomic E-state index is 5.42. The highest BCUT2D eigenvalue weighted by Crippen LogP contribution is 2.26. The normalized spacial score (nSPS) is 19.0. The molecule has 2 aromatic rings. The number of furan rings is 1. The number of pyridine rings is 1. The summed E-state index contributed by atoms with van der Waals surface area (Å²) in [6.07, 6.45) is 6.37. The predicted molar refractivity (Wildman–Crippen MR) is 68.4 cm³/mol. The number of nitrogens with one attached hydrogen (secondary N) is 1. The van der Waals surface area contributed by atoms with Crippen molar-refractivity contribution in [3.63, 3.8) is 0 Å². The molecule has 0 amide bonds. The first-order valence-electron chi connectivity index (χ1n) is 6.20. The fraction of sp³-hybridized carbons (Fsp3) is 0.357. The molecular weight excluding hydrogens is 228 g/mol. The SMILES string of the molecule is c1cc(C2CCOC2)cc(NCc2ccoc2)n1. The summed E-state index contributed by atoms with van der Waals surface area (Å²) in [6, 6.07) is 6.13. The van der Waals surface area contributed by atoms with Gasteiger partial charge in [0.25, 0.3) is 0 Å². The second kappa shape index (κ2) is 5.23. The average molecular weight is 244 g/mol. The molecule has 0 radical (unpaired) electrons. The van der Waals surface area contributed by atoms with Gasteiger partial charge in [0.2, 0.25) is 0 Å². The summed E-state index contributed by atoms with van der Waals surface area (Å²) in [4.78, 5) is 4.33. The van der Waals surface area contributed by atoms with Crippen molar-refractivity contribution >= 4 is 5.82 Å². The molecule has 1 atom stereocenters. The van der Waals surface area contributed by atoms with Crippen molar-refractivity contribution in [1.29, 1.82) is 0 Å². The van der Waals surface area contributed by atoms with Gasteiger partial charge in [-0.2, -0.15) is 0 Å². The zero-order valence-electron chi connectivity index (χ0n) is 10.1. The van der Waals surface area contributed by atoms with Gasteiger partial charge in [0.05, 0.1) is 19.1 Å². The van der Waals surface area contributed by atoms with Crippen molar-refractivity contribution in [3.8, 4) is 0 Å². The minimum atomic E-state index is 0.516. The van der Waals surface area contributed by atoms with Crippen LogP contribution in [0.5, 0.6) is 0 Å². The molecule has 1 aliphatic rings. The standard InChI is InChI=1S/C14H16N2O2/c1-4-15-14(16-8-11-2-5-17-9-11)7-12(1)13-3-6-18-10-13/h1-2,4-5,7,9,13H,3,6,8,10H2,(H,15,16). The van der Waals surface area contributed by atoms with E-state index in [0.29, 0.717) is 5.92 Å². The number of nitrogens with zero attached hydrogens (tertiary/aromatic N) is 1. The van der Waals surface area contributed by atoms with Gasteiger partial charge in [-0.1, -0.05) is 0 Å². The molecule has 4 nitrogen and oxygen atoms in total. The van der Waals surface area contributed by atoms with Crippen molar-refractivity contribution in [2.24, 2.45) is 0 Å². The highest BCUT2D eigenvalue weighted by Gasteiger charge is 2.17. The van der Waals surface area contributed by atoms with Gasteiger partial charge in [0.1, 0.15) is 5.82 Å². The van der Waals surface area contributed by atoms with Gasteiger partial charge in [-0.05, 0) is 30.2 Å². The Bertz CT molecular complexity index is 490. The van der Waals surface area contributed by atoms with Crippen LogP contribution in [-0.4, -0.2) is 18.2 Å². The van der Waals surface area contributed by atoms with Crippen LogP contribution in [0.3, 0.4) is 0 Å². The summed E-state index contributed by atoms with van der Waals surface area (Å²) in [5.41, 5.74) is 2.42. The molecule has 4 heteroatoms. The summed E-state index contributed by atoms with van der Waals surface area (Å²) in [6.45, 7) is 2.42. The quantitative estimate of drug-likeness (QED) is 0.898. The van der Waals surface area contributed by atoms with Crippen LogP contribution in [0.2, 0.25) is 0 Å². The summed E-state index contributed by atoms with van der Waals surface area (Å²) >= 11 is 0. The van der Waals surface area contributed by atoms with E-state index < -0.39 is 0 Å². The van der Waals surface area contributed by atoms with Gasteiger partial charge >= 0.3 is 0 Å². The Balaban J connectivity index is 1.66. The average Bonchev–Trinajstić information content (AvgIpc) is 3.10. The van der Waals surface area contributed by atoms with Gasteiger partial charge < -0.3 is 14.5 Å². The van der Waals surface area contributed by atoms with Gasteiger partial charge in [0.15, 0.2) is 0 Å². The van der Waals surface area contributed by atoms with E-state index in [4.69, 9.17) is 9.15 Å². The molecule has 94 valence electrons. The highest BCUT2D eigenvalue weighted by molar-refractivity contribution is 5.39. The lowest BCUT2D eigenvalue weighted by atomic mass is 10.00. The second-order valence-electron chi connectivity index (χ2n) is 4.52. The van der Waals surface area contributed by atoms with Crippen LogP contribution >= 0.6 is 0 Å². The Morgan fingerprint density at radius 3 is 3.17 bits per heavy atom. The van der Waals surface area contributed by atoms with Crippen LogP contribution < -0.4 is 5.32 Å². The van der Waals surface area contributed by atoms with E-state index in [1.807, 2.05) is 12.3 Å². The third-order valence-corrected chi connectivity index (χ3v) is 3.24. The Hall–Kier alpha value is -1.81. The van der Waals surface area contributed by atoms with E-state index in [2.05, 4.69) is 22.4 Å².